The predicted octanol–water partition coefficient (Wildman–Crippen LogP) is 1.90. The van der Waals surface area contributed by atoms with Crippen molar-refractivity contribution < 1.29 is 0 Å². The van der Waals surface area contributed by atoms with E-state index in [1.165, 1.54) is 10.4 Å². The van der Waals surface area contributed by atoms with Gasteiger partial charge in [0, 0.05) is 17.3 Å². The van der Waals surface area contributed by atoms with Crippen LogP contribution in [0.15, 0.2) is 24.5 Å². The van der Waals surface area contributed by atoms with Gasteiger partial charge in [-0.1, -0.05) is 6.07 Å². The first-order chi connectivity index (χ1) is 8.20. The summed E-state index contributed by atoms with van der Waals surface area (Å²) in [5, 5.41) is 1.07. The van der Waals surface area contributed by atoms with Crippen LogP contribution in [-0.2, 0) is 6.42 Å². The molecule has 0 aliphatic heterocycles. The monoisotopic (exact) mass is 248 g/mol. The zero-order valence-corrected chi connectivity index (χ0v) is 10.8. The lowest BCUT2D eigenvalue weighted by atomic mass is 10.1. The molecule has 0 amide bonds. The number of hydrogen-bond donors (Lipinski definition) is 2. The van der Waals surface area contributed by atoms with E-state index in [1.807, 2.05) is 26.1 Å². The van der Waals surface area contributed by atoms with Crippen LogP contribution in [0.4, 0.5) is 0 Å². The number of aromatic nitrogens is 2. The van der Waals surface area contributed by atoms with Gasteiger partial charge in [0.1, 0.15) is 0 Å². The summed E-state index contributed by atoms with van der Waals surface area (Å²) < 4.78 is 0. The van der Waals surface area contributed by atoms with Gasteiger partial charge in [0.15, 0.2) is 0 Å². The Morgan fingerprint density at radius 3 is 2.82 bits per heavy atom. The van der Waals surface area contributed by atoms with Crippen LogP contribution >= 0.6 is 11.3 Å². The molecule has 4 nitrogen and oxygen atoms in total. The van der Waals surface area contributed by atoms with Gasteiger partial charge in [-0.2, -0.15) is 0 Å². The number of nitrogens with two attached hydrogens (primary N) is 1. The molecule has 3 N–H and O–H groups in total. The molecule has 1 atom stereocenters. The first-order valence-corrected chi connectivity index (χ1v) is 6.31. The summed E-state index contributed by atoms with van der Waals surface area (Å²) in [5.41, 5.74) is 5.09. The largest absolute Gasteiger partial charge is 0.271 e. The molecule has 2 aromatic heterocycles. The number of hydrazine groups is 1. The number of aryl methyl sites for hydroxylation is 2. The van der Waals surface area contributed by atoms with E-state index in [1.54, 1.807) is 17.5 Å². The van der Waals surface area contributed by atoms with Crippen molar-refractivity contribution in [1.82, 2.24) is 15.4 Å². The minimum atomic E-state index is 0.102. The Kier molecular flexibility index (Phi) is 3.83. The second-order valence-corrected chi connectivity index (χ2v) is 5.20. The van der Waals surface area contributed by atoms with Gasteiger partial charge in [0.05, 0.1) is 16.7 Å². The number of nitrogens with zero attached hydrogens (tertiary/aromatic N) is 2. The third kappa shape index (κ3) is 2.88. The van der Waals surface area contributed by atoms with E-state index in [0.29, 0.717) is 0 Å². The third-order valence-electron chi connectivity index (χ3n) is 2.62. The zero-order chi connectivity index (χ0) is 12.3. The van der Waals surface area contributed by atoms with Crippen molar-refractivity contribution in [3.05, 3.63) is 45.7 Å². The van der Waals surface area contributed by atoms with Crippen molar-refractivity contribution in [2.24, 2.45) is 5.84 Å². The van der Waals surface area contributed by atoms with Gasteiger partial charge in [0.2, 0.25) is 0 Å². The van der Waals surface area contributed by atoms with Crippen LogP contribution in [0.1, 0.15) is 27.2 Å². The normalized spacial score (nSPS) is 12.6. The molecule has 0 aliphatic carbocycles. The standard InChI is InChI=1S/C12H16N4S/c1-8-12(17-9(2)15-8)11(16-13)6-10-4-3-5-14-7-10/h3-5,7,11,16H,6,13H2,1-2H3. The fourth-order valence-corrected chi connectivity index (χ4v) is 2.84. The Morgan fingerprint density at radius 2 is 2.29 bits per heavy atom. The molecular formula is C12H16N4S. The van der Waals surface area contributed by atoms with Gasteiger partial charge in [-0.25, -0.2) is 4.98 Å². The van der Waals surface area contributed by atoms with E-state index in [2.05, 4.69) is 21.5 Å². The fraction of sp³-hybridized carbons (Fsp3) is 0.333. The Labute approximate surface area is 105 Å². The van der Waals surface area contributed by atoms with Crippen LogP contribution in [0.5, 0.6) is 0 Å². The molecule has 90 valence electrons. The van der Waals surface area contributed by atoms with Crippen molar-refractivity contribution in [2.75, 3.05) is 0 Å². The van der Waals surface area contributed by atoms with Gasteiger partial charge in [-0.3, -0.25) is 16.3 Å². The summed E-state index contributed by atoms with van der Waals surface area (Å²) >= 11 is 1.69. The molecule has 0 aliphatic rings. The molecule has 5 heteroatoms. The number of thiazole rings is 1. The molecule has 0 radical (unpaired) electrons. The fourth-order valence-electron chi connectivity index (χ4n) is 1.85. The Balaban J connectivity index is 2.20. The highest BCUT2D eigenvalue weighted by atomic mass is 32.1. The Hall–Kier alpha value is -1.30. The summed E-state index contributed by atoms with van der Waals surface area (Å²) in [6.07, 6.45) is 4.47. The zero-order valence-electron chi connectivity index (χ0n) is 9.97. The molecule has 2 heterocycles. The van der Waals surface area contributed by atoms with Gasteiger partial charge in [0.25, 0.3) is 0 Å². The molecule has 0 fully saturated rings. The molecular weight excluding hydrogens is 232 g/mol. The lowest BCUT2D eigenvalue weighted by Crippen LogP contribution is -2.29. The molecule has 17 heavy (non-hydrogen) atoms. The molecule has 0 spiro atoms. The average molecular weight is 248 g/mol. The second-order valence-electron chi connectivity index (χ2n) is 3.97. The van der Waals surface area contributed by atoms with Crippen LogP contribution in [0.3, 0.4) is 0 Å². The first-order valence-electron chi connectivity index (χ1n) is 5.49. The Morgan fingerprint density at radius 1 is 1.47 bits per heavy atom. The number of hydrogen-bond acceptors (Lipinski definition) is 5. The summed E-state index contributed by atoms with van der Waals surface area (Å²) in [7, 11) is 0. The summed E-state index contributed by atoms with van der Waals surface area (Å²) in [6.45, 7) is 4.03. The minimum absolute atomic E-state index is 0.102. The van der Waals surface area contributed by atoms with Crippen LogP contribution < -0.4 is 11.3 Å². The third-order valence-corrected chi connectivity index (χ3v) is 3.81. The maximum absolute atomic E-state index is 5.64. The SMILES string of the molecule is Cc1nc(C)c(C(Cc2cccnc2)NN)s1. The van der Waals surface area contributed by atoms with Gasteiger partial charge >= 0.3 is 0 Å². The van der Waals surface area contributed by atoms with E-state index in [4.69, 9.17) is 5.84 Å². The van der Waals surface area contributed by atoms with E-state index in [0.717, 1.165) is 17.1 Å². The predicted molar refractivity (Wildman–Crippen MR) is 69.6 cm³/mol. The summed E-state index contributed by atoms with van der Waals surface area (Å²) in [6, 6.07) is 4.10. The molecule has 1 unspecified atom stereocenters. The van der Waals surface area contributed by atoms with Crippen LogP contribution in [0.2, 0.25) is 0 Å². The second kappa shape index (κ2) is 5.35. The minimum Gasteiger partial charge on any atom is -0.271 e. The molecule has 2 rings (SSSR count). The maximum atomic E-state index is 5.64. The van der Waals surface area contributed by atoms with Crippen LogP contribution in [0, 0.1) is 13.8 Å². The average Bonchev–Trinajstić information content (AvgIpc) is 2.67. The van der Waals surface area contributed by atoms with E-state index >= 15 is 0 Å². The smallest absolute Gasteiger partial charge is 0.0900 e. The lowest BCUT2D eigenvalue weighted by Gasteiger charge is -2.14. The molecule has 0 aromatic carbocycles. The quantitative estimate of drug-likeness (QED) is 0.641. The topological polar surface area (TPSA) is 63.8 Å². The first kappa shape index (κ1) is 12.2. The van der Waals surface area contributed by atoms with Crippen molar-refractivity contribution in [2.45, 2.75) is 26.3 Å². The van der Waals surface area contributed by atoms with Crippen LogP contribution in [-0.4, -0.2) is 9.97 Å². The van der Waals surface area contributed by atoms with Crippen molar-refractivity contribution in [1.29, 1.82) is 0 Å². The van der Waals surface area contributed by atoms with E-state index in [-0.39, 0.29) is 6.04 Å². The lowest BCUT2D eigenvalue weighted by molar-refractivity contribution is 0.556. The van der Waals surface area contributed by atoms with Gasteiger partial charge in [-0.15, -0.1) is 11.3 Å². The maximum Gasteiger partial charge on any atom is 0.0900 e. The highest BCUT2D eigenvalue weighted by Gasteiger charge is 2.16. The molecule has 2 aromatic rings. The highest BCUT2D eigenvalue weighted by Crippen LogP contribution is 2.26. The van der Waals surface area contributed by atoms with Crippen molar-refractivity contribution in [3.8, 4) is 0 Å². The number of pyridine rings is 1. The van der Waals surface area contributed by atoms with Gasteiger partial charge < -0.3 is 0 Å². The van der Waals surface area contributed by atoms with Crippen LogP contribution in [0.25, 0.3) is 0 Å². The highest BCUT2D eigenvalue weighted by molar-refractivity contribution is 7.11. The van der Waals surface area contributed by atoms with E-state index < -0.39 is 0 Å². The van der Waals surface area contributed by atoms with E-state index in [9.17, 15) is 0 Å². The van der Waals surface area contributed by atoms with Gasteiger partial charge in [-0.05, 0) is 31.9 Å². The van der Waals surface area contributed by atoms with Crippen molar-refractivity contribution >= 4 is 11.3 Å². The summed E-state index contributed by atoms with van der Waals surface area (Å²) in [4.78, 5) is 9.74. The molecule has 0 saturated heterocycles. The Bertz CT molecular complexity index is 481. The molecule has 0 saturated carbocycles. The number of rotatable bonds is 4. The molecule has 0 bridgehead atoms. The number of nitrogens with one attached hydrogen (secondary N) is 1. The summed E-state index contributed by atoms with van der Waals surface area (Å²) in [5.74, 6) is 5.64. The van der Waals surface area contributed by atoms with Crippen molar-refractivity contribution in [3.63, 3.8) is 0 Å².